The van der Waals surface area contributed by atoms with E-state index in [9.17, 15) is 10.1 Å². The van der Waals surface area contributed by atoms with Crippen LogP contribution in [0.2, 0.25) is 0 Å². The third-order valence-corrected chi connectivity index (χ3v) is 3.41. The Morgan fingerprint density at radius 2 is 1.95 bits per heavy atom. The quantitative estimate of drug-likeness (QED) is 0.385. The lowest BCUT2D eigenvalue weighted by atomic mass is 10.3. The molecule has 0 spiro atoms. The van der Waals surface area contributed by atoms with Gasteiger partial charge in [-0.15, -0.1) is 0 Å². The van der Waals surface area contributed by atoms with Crippen LogP contribution in [0.15, 0.2) is 34.3 Å². The van der Waals surface area contributed by atoms with Crippen molar-refractivity contribution in [2.45, 2.75) is 23.9 Å². The SMILES string of the molecule is Cc1cc(C)nc(Sc2cccc(NN)c2[N+](=O)[O-])n1. The van der Waals surface area contributed by atoms with Gasteiger partial charge >= 0.3 is 5.69 Å². The molecule has 0 unspecified atom stereocenters. The number of rotatable bonds is 4. The van der Waals surface area contributed by atoms with Crippen molar-refractivity contribution in [1.29, 1.82) is 0 Å². The Balaban J connectivity index is 2.45. The fourth-order valence-electron chi connectivity index (χ4n) is 1.75. The number of nitrogens with zero attached hydrogens (tertiary/aromatic N) is 3. The summed E-state index contributed by atoms with van der Waals surface area (Å²) in [4.78, 5) is 19.7. The summed E-state index contributed by atoms with van der Waals surface area (Å²) in [7, 11) is 0. The second-order valence-electron chi connectivity index (χ2n) is 4.09. The third-order valence-electron chi connectivity index (χ3n) is 2.50. The fourth-order valence-corrected chi connectivity index (χ4v) is 2.75. The summed E-state index contributed by atoms with van der Waals surface area (Å²) >= 11 is 1.14. The molecule has 0 aliphatic carbocycles. The van der Waals surface area contributed by atoms with Gasteiger partial charge in [-0.1, -0.05) is 6.07 Å². The molecule has 0 aliphatic heterocycles. The van der Waals surface area contributed by atoms with Crippen molar-refractivity contribution in [1.82, 2.24) is 9.97 Å². The Morgan fingerprint density at radius 3 is 2.50 bits per heavy atom. The number of aryl methyl sites for hydroxylation is 2. The number of nitro benzene ring substituents is 1. The maximum atomic E-state index is 11.2. The predicted molar refractivity (Wildman–Crippen MR) is 76.5 cm³/mol. The van der Waals surface area contributed by atoms with Crippen molar-refractivity contribution >= 4 is 23.1 Å². The van der Waals surface area contributed by atoms with Gasteiger partial charge in [0.15, 0.2) is 5.16 Å². The number of aromatic nitrogens is 2. The van der Waals surface area contributed by atoms with Crippen LogP contribution in [0, 0.1) is 24.0 Å². The molecule has 2 aromatic rings. The van der Waals surface area contributed by atoms with Gasteiger partial charge in [0.2, 0.25) is 0 Å². The normalized spacial score (nSPS) is 10.3. The molecule has 8 heteroatoms. The van der Waals surface area contributed by atoms with Gasteiger partial charge in [-0.2, -0.15) is 0 Å². The summed E-state index contributed by atoms with van der Waals surface area (Å²) in [6.45, 7) is 3.70. The molecule has 2 rings (SSSR count). The van der Waals surface area contributed by atoms with Crippen LogP contribution in [-0.2, 0) is 0 Å². The van der Waals surface area contributed by atoms with Crippen LogP contribution < -0.4 is 11.3 Å². The number of nitrogen functional groups attached to an aromatic ring is 1. The van der Waals surface area contributed by atoms with Crippen LogP contribution in [0.4, 0.5) is 11.4 Å². The molecule has 1 aromatic carbocycles. The molecule has 0 fully saturated rings. The first-order valence-corrected chi connectivity index (χ1v) is 6.57. The monoisotopic (exact) mass is 291 g/mol. The molecule has 0 radical (unpaired) electrons. The molecule has 0 saturated carbocycles. The highest BCUT2D eigenvalue weighted by atomic mass is 32.2. The van der Waals surface area contributed by atoms with Crippen LogP contribution in [0.25, 0.3) is 0 Å². The predicted octanol–water partition coefficient (Wildman–Crippen LogP) is 2.44. The molecule has 20 heavy (non-hydrogen) atoms. The second-order valence-corrected chi connectivity index (χ2v) is 5.10. The lowest BCUT2D eigenvalue weighted by Crippen LogP contribution is -2.09. The number of para-hydroxylation sites is 1. The van der Waals surface area contributed by atoms with Crippen LogP contribution in [0.1, 0.15) is 11.4 Å². The van der Waals surface area contributed by atoms with Gasteiger partial charge in [-0.05, 0) is 43.8 Å². The van der Waals surface area contributed by atoms with E-state index in [0.717, 1.165) is 23.1 Å². The van der Waals surface area contributed by atoms with Crippen molar-refractivity contribution in [3.8, 4) is 0 Å². The molecule has 3 N–H and O–H groups in total. The number of nitrogens with one attached hydrogen (secondary N) is 1. The Hall–Kier alpha value is -2.19. The van der Waals surface area contributed by atoms with Crippen molar-refractivity contribution < 1.29 is 4.92 Å². The average Bonchev–Trinajstić information content (AvgIpc) is 2.36. The zero-order chi connectivity index (χ0) is 14.7. The van der Waals surface area contributed by atoms with Gasteiger partial charge in [0.05, 0.1) is 9.82 Å². The van der Waals surface area contributed by atoms with Crippen LogP contribution >= 0.6 is 11.8 Å². The van der Waals surface area contributed by atoms with E-state index in [1.54, 1.807) is 18.2 Å². The molecule has 1 aromatic heterocycles. The Kier molecular flexibility index (Phi) is 4.16. The highest BCUT2D eigenvalue weighted by molar-refractivity contribution is 7.99. The smallest absolute Gasteiger partial charge is 0.307 e. The van der Waals surface area contributed by atoms with E-state index in [1.807, 2.05) is 19.9 Å². The van der Waals surface area contributed by atoms with Crippen molar-refractivity contribution in [3.63, 3.8) is 0 Å². The number of hydrogen-bond acceptors (Lipinski definition) is 7. The van der Waals surface area contributed by atoms with E-state index >= 15 is 0 Å². The summed E-state index contributed by atoms with van der Waals surface area (Å²) < 4.78 is 0. The van der Waals surface area contributed by atoms with E-state index in [1.165, 1.54) is 0 Å². The zero-order valence-electron chi connectivity index (χ0n) is 11.0. The van der Waals surface area contributed by atoms with Crippen LogP contribution in [0.3, 0.4) is 0 Å². The van der Waals surface area contributed by atoms with Crippen molar-refractivity contribution in [2.24, 2.45) is 5.84 Å². The zero-order valence-corrected chi connectivity index (χ0v) is 11.8. The van der Waals surface area contributed by atoms with E-state index in [-0.39, 0.29) is 11.4 Å². The van der Waals surface area contributed by atoms with Crippen molar-refractivity contribution in [3.05, 3.63) is 45.8 Å². The third kappa shape index (κ3) is 3.03. The highest BCUT2D eigenvalue weighted by Gasteiger charge is 2.20. The topological polar surface area (TPSA) is 107 Å². The maximum Gasteiger partial charge on any atom is 0.307 e. The number of nitro groups is 1. The van der Waals surface area contributed by atoms with Gasteiger partial charge in [-0.25, -0.2) is 9.97 Å². The second kappa shape index (κ2) is 5.85. The Morgan fingerprint density at radius 1 is 1.30 bits per heavy atom. The average molecular weight is 291 g/mol. The largest absolute Gasteiger partial charge is 0.318 e. The fraction of sp³-hybridized carbons (Fsp3) is 0.167. The van der Waals surface area contributed by atoms with Gasteiger partial charge in [-0.3, -0.25) is 16.0 Å². The van der Waals surface area contributed by atoms with Crippen LogP contribution in [0.5, 0.6) is 0 Å². The first-order valence-electron chi connectivity index (χ1n) is 5.75. The molecule has 104 valence electrons. The van der Waals surface area contributed by atoms with E-state index in [2.05, 4.69) is 15.4 Å². The maximum absolute atomic E-state index is 11.2. The molecule has 7 nitrogen and oxygen atoms in total. The number of anilines is 1. The minimum Gasteiger partial charge on any atom is -0.318 e. The first kappa shape index (κ1) is 14.2. The molecule has 0 amide bonds. The molecular weight excluding hydrogens is 278 g/mol. The van der Waals surface area contributed by atoms with E-state index in [0.29, 0.717) is 10.1 Å². The van der Waals surface area contributed by atoms with Gasteiger partial charge in [0.1, 0.15) is 5.69 Å². The standard InChI is InChI=1S/C12H13N5O2S/c1-7-6-8(2)15-12(14-7)20-10-5-3-4-9(16-13)11(10)17(18)19/h3-6,16H,13H2,1-2H3. The molecule has 0 aliphatic rings. The molecule has 0 atom stereocenters. The number of hydrogen-bond donors (Lipinski definition) is 2. The summed E-state index contributed by atoms with van der Waals surface area (Å²) in [5.74, 6) is 5.30. The number of hydrazine groups is 1. The van der Waals surface area contributed by atoms with Gasteiger partial charge in [0, 0.05) is 11.4 Å². The number of benzene rings is 1. The summed E-state index contributed by atoms with van der Waals surface area (Å²) in [6.07, 6.45) is 0. The minimum atomic E-state index is -0.472. The number of nitrogens with two attached hydrogens (primary N) is 1. The lowest BCUT2D eigenvalue weighted by Gasteiger charge is -2.07. The van der Waals surface area contributed by atoms with Gasteiger partial charge in [0.25, 0.3) is 0 Å². The Labute approximate surface area is 119 Å². The van der Waals surface area contributed by atoms with E-state index < -0.39 is 4.92 Å². The molecular formula is C12H13N5O2S. The summed E-state index contributed by atoms with van der Waals surface area (Å²) in [6, 6.07) is 6.72. The molecule has 0 saturated heterocycles. The first-order chi connectivity index (χ1) is 9.51. The van der Waals surface area contributed by atoms with Gasteiger partial charge < -0.3 is 5.43 Å². The Bertz CT molecular complexity index is 642. The molecule has 0 bridgehead atoms. The lowest BCUT2D eigenvalue weighted by molar-refractivity contribution is -0.386. The van der Waals surface area contributed by atoms with E-state index in [4.69, 9.17) is 5.84 Å². The summed E-state index contributed by atoms with van der Waals surface area (Å²) in [5, 5.41) is 11.7. The van der Waals surface area contributed by atoms with Crippen LogP contribution in [-0.4, -0.2) is 14.9 Å². The molecule has 1 heterocycles. The minimum absolute atomic E-state index is 0.0808. The summed E-state index contributed by atoms with van der Waals surface area (Å²) in [5.41, 5.74) is 4.13. The highest BCUT2D eigenvalue weighted by Crippen LogP contribution is 2.37. The van der Waals surface area contributed by atoms with Crippen molar-refractivity contribution in [2.75, 3.05) is 5.43 Å².